The predicted molar refractivity (Wildman–Crippen MR) is 82.6 cm³/mol. The van der Waals surface area contributed by atoms with Gasteiger partial charge in [-0.25, -0.2) is 4.39 Å². The average molecular weight is 310 g/mol. The topological polar surface area (TPSA) is 29.1 Å². The highest BCUT2D eigenvalue weighted by Crippen LogP contribution is 2.20. The fourth-order valence-electron chi connectivity index (χ4n) is 1.63. The van der Waals surface area contributed by atoms with Gasteiger partial charge < -0.3 is 5.32 Å². The average Bonchev–Trinajstić information content (AvgIpc) is 2.41. The van der Waals surface area contributed by atoms with Crippen LogP contribution in [0, 0.1) is 5.82 Å². The molecule has 0 fully saturated rings. The van der Waals surface area contributed by atoms with Crippen LogP contribution in [0.25, 0.3) is 0 Å². The molecule has 1 amide bonds. The number of carbonyl (C=O) groups is 1. The third-order valence-corrected chi connectivity index (χ3v) is 3.91. The first-order chi connectivity index (χ1) is 9.65. The number of thioether (sulfide) groups is 1. The van der Waals surface area contributed by atoms with E-state index in [9.17, 15) is 9.18 Å². The van der Waals surface area contributed by atoms with E-state index in [4.69, 9.17) is 11.6 Å². The van der Waals surface area contributed by atoms with Crippen LogP contribution in [-0.2, 0) is 10.5 Å². The number of benzene rings is 2. The van der Waals surface area contributed by atoms with E-state index in [1.807, 2.05) is 24.3 Å². The molecular formula is C15H13ClFNOS. The third kappa shape index (κ3) is 4.54. The van der Waals surface area contributed by atoms with Gasteiger partial charge in [0.25, 0.3) is 0 Å². The van der Waals surface area contributed by atoms with Crippen molar-refractivity contribution in [3.63, 3.8) is 0 Å². The molecule has 0 aliphatic heterocycles. The smallest absolute Gasteiger partial charge is 0.234 e. The Morgan fingerprint density at radius 2 is 2.00 bits per heavy atom. The van der Waals surface area contributed by atoms with Gasteiger partial charge in [0.2, 0.25) is 5.91 Å². The van der Waals surface area contributed by atoms with Crippen LogP contribution in [0.4, 0.5) is 10.1 Å². The van der Waals surface area contributed by atoms with Gasteiger partial charge in [-0.15, -0.1) is 11.8 Å². The highest BCUT2D eigenvalue weighted by Gasteiger charge is 2.05. The van der Waals surface area contributed by atoms with Gasteiger partial charge in [0, 0.05) is 16.5 Å². The van der Waals surface area contributed by atoms with Crippen LogP contribution >= 0.6 is 23.4 Å². The van der Waals surface area contributed by atoms with Crippen LogP contribution in [0.2, 0.25) is 5.02 Å². The Bertz CT molecular complexity index is 606. The van der Waals surface area contributed by atoms with Crippen LogP contribution in [0.15, 0.2) is 48.5 Å². The van der Waals surface area contributed by atoms with Crippen molar-refractivity contribution in [2.45, 2.75) is 5.75 Å². The SMILES string of the molecule is O=C(CSCc1ccccc1Cl)Nc1cccc(F)c1. The Morgan fingerprint density at radius 1 is 1.20 bits per heavy atom. The van der Waals surface area contributed by atoms with Crippen molar-refractivity contribution < 1.29 is 9.18 Å². The predicted octanol–water partition coefficient (Wildman–Crippen LogP) is 4.35. The molecule has 2 nitrogen and oxygen atoms in total. The molecule has 0 unspecified atom stereocenters. The zero-order valence-corrected chi connectivity index (χ0v) is 12.2. The lowest BCUT2D eigenvalue weighted by Gasteiger charge is -2.06. The van der Waals surface area contributed by atoms with Crippen molar-refractivity contribution in [1.29, 1.82) is 0 Å². The van der Waals surface area contributed by atoms with Crippen molar-refractivity contribution in [2.75, 3.05) is 11.1 Å². The van der Waals surface area contributed by atoms with Crippen LogP contribution in [0.5, 0.6) is 0 Å². The lowest BCUT2D eigenvalue weighted by atomic mass is 10.2. The molecule has 0 saturated heterocycles. The zero-order valence-electron chi connectivity index (χ0n) is 10.6. The molecule has 20 heavy (non-hydrogen) atoms. The third-order valence-electron chi connectivity index (χ3n) is 2.56. The van der Waals surface area contributed by atoms with Gasteiger partial charge in [0.05, 0.1) is 5.75 Å². The van der Waals surface area contributed by atoms with Gasteiger partial charge in [-0.3, -0.25) is 4.79 Å². The van der Waals surface area contributed by atoms with E-state index in [2.05, 4.69) is 5.32 Å². The molecule has 0 aliphatic carbocycles. The van der Waals surface area contributed by atoms with E-state index in [1.54, 1.807) is 12.1 Å². The molecule has 0 saturated carbocycles. The summed E-state index contributed by atoms with van der Waals surface area (Å²) in [6.07, 6.45) is 0. The van der Waals surface area contributed by atoms with Crippen molar-refractivity contribution in [3.8, 4) is 0 Å². The molecule has 0 spiro atoms. The van der Waals surface area contributed by atoms with E-state index in [-0.39, 0.29) is 11.7 Å². The summed E-state index contributed by atoms with van der Waals surface area (Å²) >= 11 is 7.49. The van der Waals surface area contributed by atoms with Gasteiger partial charge in [-0.05, 0) is 29.8 Å². The van der Waals surface area contributed by atoms with Crippen LogP contribution < -0.4 is 5.32 Å². The molecular weight excluding hydrogens is 297 g/mol. The second-order valence-electron chi connectivity index (χ2n) is 4.14. The Kier molecular flexibility index (Phi) is 5.44. The van der Waals surface area contributed by atoms with E-state index in [1.165, 1.54) is 23.9 Å². The van der Waals surface area contributed by atoms with Gasteiger partial charge >= 0.3 is 0 Å². The fourth-order valence-corrected chi connectivity index (χ4v) is 2.75. The maximum Gasteiger partial charge on any atom is 0.234 e. The molecule has 0 heterocycles. The monoisotopic (exact) mass is 309 g/mol. The van der Waals surface area contributed by atoms with Gasteiger partial charge in [0.1, 0.15) is 5.82 Å². The van der Waals surface area contributed by atoms with Gasteiger partial charge in [0.15, 0.2) is 0 Å². The summed E-state index contributed by atoms with van der Waals surface area (Å²) in [5.74, 6) is 0.428. The molecule has 0 atom stereocenters. The Balaban J connectivity index is 1.80. The number of halogens is 2. The molecule has 0 aromatic heterocycles. The maximum atomic E-state index is 13.0. The Hall–Kier alpha value is -1.52. The summed E-state index contributed by atoms with van der Waals surface area (Å²) in [4.78, 5) is 11.7. The first-order valence-electron chi connectivity index (χ1n) is 6.02. The molecule has 104 valence electrons. The van der Waals surface area contributed by atoms with E-state index in [0.29, 0.717) is 22.2 Å². The highest BCUT2D eigenvalue weighted by atomic mass is 35.5. The highest BCUT2D eigenvalue weighted by molar-refractivity contribution is 7.99. The van der Waals surface area contributed by atoms with Crippen molar-refractivity contribution >= 4 is 35.0 Å². The standard InChI is InChI=1S/C15H13ClFNOS/c16-14-7-2-1-4-11(14)9-20-10-15(19)18-13-6-3-5-12(17)8-13/h1-8H,9-10H2,(H,18,19). The zero-order chi connectivity index (χ0) is 14.4. The van der Waals surface area contributed by atoms with Gasteiger partial charge in [-0.1, -0.05) is 35.9 Å². The summed E-state index contributed by atoms with van der Waals surface area (Å²) in [5, 5.41) is 3.35. The lowest BCUT2D eigenvalue weighted by Crippen LogP contribution is -2.14. The number of anilines is 1. The van der Waals surface area contributed by atoms with Crippen LogP contribution in [0.1, 0.15) is 5.56 Å². The van der Waals surface area contributed by atoms with Crippen LogP contribution in [0.3, 0.4) is 0 Å². The Morgan fingerprint density at radius 3 is 2.75 bits per heavy atom. The normalized spacial score (nSPS) is 10.3. The maximum absolute atomic E-state index is 13.0. The largest absolute Gasteiger partial charge is 0.325 e. The molecule has 0 aliphatic rings. The van der Waals surface area contributed by atoms with Crippen molar-refractivity contribution in [1.82, 2.24) is 0 Å². The quantitative estimate of drug-likeness (QED) is 0.889. The first kappa shape index (κ1) is 14.9. The molecule has 1 N–H and O–H groups in total. The lowest BCUT2D eigenvalue weighted by molar-refractivity contribution is -0.113. The number of hydrogen-bond donors (Lipinski definition) is 1. The molecule has 2 aromatic rings. The molecule has 2 rings (SSSR count). The Labute approximate surface area is 126 Å². The number of amides is 1. The number of carbonyl (C=O) groups excluding carboxylic acids is 1. The molecule has 2 aromatic carbocycles. The number of rotatable bonds is 5. The summed E-state index contributed by atoms with van der Waals surface area (Å²) in [7, 11) is 0. The van der Waals surface area contributed by atoms with Crippen LogP contribution in [-0.4, -0.2) is 11.7 Å². The molecule has 0 radical (unpaired) electrons. The van der Waals surface area contributed by atoms with Gasteiger partial charge in [-0.2, -0.15) is 0 Å². The molecule has 0 bridgehead atoms. The van der Waals surface area contributed by atoms with E-state index >= 15 is 0 Å². The second-order valence-corrected chi connectivity index (χ2v) is 5.54. The minimum atomic E-state index is -0.369. The second kappa shape index (κ2) is 7.31. The number of hydrogen-bond acceptors (Lipinski definition) is 2. The van der Waals surface area contributed by atoms with E-state index < -0.39 is 0 Å². The summed E-state index contributed by atoms with van der Waals surface area (Å²) in [6, 6.07) is 13.4. The van der Waals surface area contributed by atoms with E-state index in [0.717, 1.165) is 5.56 Å². The fraction of sp³-hybridized carbons (Fsp3) is 0.133. The first-order valence-corrected chi connectivity index (χ1v) is 7.55. The van der Waals surface area contributed by atoms with Crippen molar-refractivity contribution in [3.05, 3.63) is 64.9 Å². The summed E-state index contributed by atoms with van der Waals surface area (Å²) in [6.45, 7) is 0. The summed E-state index contributed by atoms with van der Waals surface area (Å²) in [5.41, 5.74) is 1.46. The van der Waals surface area contributed by atoms with Crippen molar-refractivity contribution in [2.24, 2.45) is 0 Å². The minimum absolute atomic E-state index is 0.160. The summed E-state index contributed by atoms with van der Waals surface area (Å²) < 4.78 is 13.0. The number of nitrogens with one attached hydrogen (secondary N) is 1. The molecule has 5 heteroatoms. The minimum Gasteiger partial charge on any atom is -0.325 e.